The molecule has 0 aliphatic carbocycles. The molecule has 0 saturated carbocycles. The SMILES string of the molecule is CC(C)c1cnn2c(NCc3ccccc3-n3cccn3)nc(C(=O)CCCCN)nc12. The highest BCUT2D eigenvalue weighted by molar-refractivity contribution is 5.93. The first-order valence-electron chi connectivity index (χ1n) is 10.9. The topological polar surface area (TPSA) is 116 Å². The second-order valence-corrected chi connectivity index (χ2v) is 7.96. The number of carbonyl (C=O) groups is 1. The Balaban J connectivity index is 1.67. The number of rotatable bonds is 10. The molecule has 0 unspecified atom stereocenters. The Labute approximate surface area is 186 Å². The Morgan fingerprint density at radius 2 is 1.97 bits per heavy atom. The minimum absolute atomic E-state index is 0.0863. The number of hydrogen-bond acceptors (Lipinski definition) is 7. The zero-order valence-electron chi connectivity index (χ0n) is 18.4. The van der Waals surface area contributed by atoms with E-state index in [0.717, 1.165) is 29.7 Å². The Morgan fingerprint density at radius 1 is 1.12 bits per heavy atom. The number of hydrogen-bond donors (Lipinski definition) is 2. The molecule has 3 N–H and O–H groups in total. The van der Waals surface area contributed by atoms with E-state index in [1.807, 2.05) is 41.2 Å². The van der Waals surface area contributed by atoms with Crippen LogP contribution in [-0.4, -0.2) is 41.7 Å². The van der Waals surface area contributed by atoms with Gasteiger partial charge in [-0.05, 0) is 43.0 Å². The average molecular weight is 433 g/mol. The minimum Gasteiger partial charge on any atom is -0.350 e. The van der Waals surface area contributed by atoms with Crippen molar-refractivity contribution in [1.82, 2.24) is 29.4 Å². The first-order chi connectivity index (χ1) is 15.6. The largest absolute Gasteiger partial charge is 0.350 e. The van der Waals surface area contributed by atoms with Crippen LogP contribution in [0.1, 0.15) is 60.8 Å². The molecule has 0 fully saturated rings. The molecule has 0 spiro atoms. The number of aromatic nitrogens is 6. The number of para-hydroxylation sites is 1. The Kier molecular flexibility index (Phi) is 6.55. The summed E-state index contributed by atoms with van der Waals surface area (Å²) in [5.74, 6) is 0.826. The third-order valence-corrected chi connectivity index (χ3v) is 5.30. The van der Waals surface area contributed by atoms with Crippen LogP contribution < -0.4 is 11.1 Å². The molecule has 3 aromatic heterocycles. The van der Waals surface area contributed by atoms with Gasteiger partial charge < -0.3 is 11.1 Å². The molecule has 0 bridgehead atoms. The number of fused-ring (bicyclic) bond motifs is 1. The summed E-state index contributed by atoms with van der Waals surface area (Å²) in [5, 5.41) is 12.2. The molecule has 4 aromatic rings. The smallest absolute Gasteiger partial charge is 0.228 e. The second-order valence-electron chi connectivity index (χ2n) is 7.96. The third-order valence-electron chi connectivity index (χ3n) is 5.30. The highest BCUT2D eigenvalue weighted by atomic mass is 16.1. The molecule has 9 heteroatoms. The molecule has 166 valence electrons. The Morgan fingerprint density at radius 3 is 2.72 bits per heavy atom. The van der Waals surface area contributed by atoms with E-state index < -0.39 is 0 Å². The van der Waals surface area contributed by atoms with Crippen LogP contribution >= 0.6 is 0 Å². The van der Waals surface area contributed by atoms with Crippen molar-refractivity contribution in [1.29, 1.82) is 0 Å². The number of benzene rings is 1. The first-order valence-corrected chi connectivity index (χ1v) is 10.9. The summed E-state index contributed by atoms with van der Waals surface area (Å²) < 4.78 is 3.49. The summed E-state index contributed by atoms with van der Waals surface area (Å²) in [6.45, 7) is 5.21. The van der Waals surface area contributed by atoms with Gasteiger partial charge in [0, 0.05) is 30.9 Å². The molecule has 9 nitrogen and oxygen atoms in total. The highest BCUT2D eigenvalue weighted by Gasteiger charge is 2.19. The van der Waals surface area contributed by atoms with Crippen LogP contribution in [0.3, 0.4) is 0 Å². The van der Waals surface area contributed by atoms with Gasteiger partial charge in [0.15, 0.2) is 11.4 Å². The Hall–Kier alpha value is -3.59. The van der Waals surface area contributed by atoms with Crippen LogP contribution in [0.5, 0.6) is 0 Å². The third kappa shape index (κ3) is 4.52. The van der Waals surface area contributed by atoms with Crippen LogP contribution in [0.25, 0.3) is 11.3 Å². The number of ketones is 1. The second kappa shape index (κ2) is 9.69. The number of Topliss-reactive ketones (excluding diaryl/α,β-unsaturated/α-hetero) is 1. The van der Waals surface area contributed by atoms with E-state index >= 15 is 0 Å². The molecule has 0 saturated heterocycles. The number of anilines is 1. The van der Waals surface area contributed by atoms with E-state index in [4.69, 9.17) is 5.73 Å². The molecule has 0 atom stereocenters. The van der Waals surface area contributed by atoms with E-state index in [9.17, 15) is 4.79 Å². The van der Waals surface area contributed by atoms with Gasteiger partial charge >= 0.3 is 0 Å². The summed E-state index contributed by atoms with van der Waals surface area (Å²) in [4.78, 5) is 21.9. The summed E-state index contributed by atoms with van der Waals surface area (Å²) in [6, 6.07) is 9.89. The highest BCUT2D eigenvalue weighted by Crippen LogP contribution is 2.22. The van der Waals surface area contributed by atoms with E-state index in [-0.39, 0.29) is 17.5 Å². The van der Waals surface area contributed by atoms with Crippen LogP contribution in [-0.2, 0) is 6.54 Å². The fourth-order valence-corrected chi connectivity index (χ4v) is 3.55. The lowest BCUT2D eigenvalue weighted by atomic mass is 10.1. The van der Waals surface area contributed by atoms with E-state index in [1.54, 1.807) is 16.9 Å². The van der Waals surface area contributed by atoms with E-state index in [1.165, 1.54) is 0 Å². The normalized spacial score (nSPS) is 11.4. The maximum Gasteiger partial charge on any atom is 0.228 e. The molecular formula is C23H28N8O. The van der Waals surface area contributed by atoms with Crippen molar-refractivity contribution < 1.29 is 4.79 Å². The molecule has 0 amide bonds. The molecule has 0 radical (unpaired) electrons. The van der Waals surface area contributed by atoms with Crippen molar-refractivity contribution in [3.05, 3.63) is 65.9 Å². The fraction of sp³-hybridized carbons (Fsp3) is 0.348. The lowest BCUT2D eigenvalue weighted by Gasteiger charge is -2.13. The zero-order valence-corrected chi connectivity index (χ0v) is 18.4. The quantitative estimate of drug-likeness (QED) is 0.291. The number of nitrogens with one attached hydrogen (secondary N) is 1. The molecule has 1 aromatic carbocycles. The molecular weight excluding hydrogens is 404 g/mol. The molecule has 3 heterocycles. The molecule has 4 rings (SSSR count). The zero-order chi connectivity index (χ0) is 22.5. The van der Waals surface area contributed by atoms with Gasteiger partial charge in [0.05, 0.1) is 11.9 Å². The van der Waals surface area contributed by atoms with Gasteiger partial charge in [0.25, 0.3) is 0 Å². The van der Waals surface area contributed by atoms with Gasteiger partial charge in [-0.3, -0.25) is 4.79 Å². The van der Waals surface area contributed by atoms with Crippen molar-refractivity contribution in [2.24, 2.45) is 5.73 Å². The van der Waals surface area contributed by atoms with E-state index in [2.05, 4.69) is 39.3 Å². The van der Waals surface area contributed by atoms with Gasteiger partial charge in [-0.15, -0.1) is 0 Å². The lowest BCUT2D eigenvalue weighted by Crippen LogP contribution is -2.15. The van der Waals surface area contributed by atoms with E-state index in [0.29, 0.717) is 31.1 Å². The van der Waals surface area contributed by atoms with Gasteiger partial charge in [0.2, 0.25) is 11.8 Å². The van der Waals surface area contributed by atoms with Crippen LogP contribution in [0.2, 0.25) is 0 Å². The van der Waals surface area contributed by atoms with Crippen LogP contribution in [0.4, 0.5) is 5.95 Å². The summed E-state index contributed by atoms with van der Waals surface area (Å²) in [5.41, 5.74) is 9.20. The standard InChI is InChI=1S/C23H28N8O/c1-16(2)18-15-27-31-22(18)28-21(20(32)10-5-6-11-24)29-23(31)25-14-17-8-3-4-9-19(17)30-13-7-12-26-30/h3-4,7-9,12-13,15-16H,5-6,10-11,14,24H2,1-2H3,(H,25,28,29). The maximum absolute atomic E-state index is 12.8. The molecule has 0 aliphatic rings. The first kappa shape index (κ1) is 21.6. The summed E-state index contributed by atoms with van der Waals surface area (Å²) in [7, 11) is 0. The molecule has 32 heavy (non-hydrogen) atoms. The molecule has 0 aliphatic heterocycles. The number of carbonyl (C=O) groups excluding carboxylic acids is 1. The van der Waals surface area contributed by atoms with Crippen LogP contribution in [0, 0.1) is 0 Å². The number of nitrogens with zero attached hydrogens (tertiary/aromatic N) is 6. The van der Waals surface area contributed by atoms with Crippen LogP contribution in [0.15, 0.2) is 48.9 Å². The average Bonchev–Trinajstić information content (AvgIpc) is 3.48. The van der Waals surface area contributed by atoms with Crippen molar-refractivity contribution in [3.63, 3.8) is 0 Å². The van der Waals surface area contributed by atoms with Gasteiger partial charge in [0.1, 0.15) is 0 Å². The number of unbranched alkanes of at least 4 members (excludes halogenated alkanes) is 1. The van der Waals surface area contributed by atoms with Crippen molar-refractivity contribution in [2.75, 3.05) is 11.9 Å². The predicted molar refractivity (Wildman–Crippen MR) is 123 cm³/mol. The minimum atomic E-state index is -0.0863. The van der Waals surface area contributed by atoms with Gasteiger partial charge in [-0.1, -0.05) is 32.0 Å². The van der Waals surface area contributed by atoms with Crippen molar-refractivity contribution in [2.45, 2.75) is 45.6 Å². The summed E-state index contributed by atoms with van der Waals surface area (Å²) in [6.07, 6.45) is 7.34. The predicted octanol–water partition coefficient (Wildman–Crippen LogP) is 3.36. The van der Waals surface area contributed by atoms with Crippen molar-refractivity contribution >= 4 is 17.4 Å². The monoisotopic (exact) mass is 432 g/mol. The van der Waals surface area contributed by atoms with Gasteiger partial charge in [-0.25, -0.2) is 9.67 Å². The van der Waals surface area contributed by atoms with Gasteiger partial charge in [-0.2, -0.15) is 19.7 Å². The summed E-state index contributed by atoms with van der Waals surface area (Å²) >= 11 is 0. The lowest BCUT2D eigenvalue weighted by molar-refractivity contribution is 0.0969. The fourth-order valence-electron chi connectivity index (χ4n) is 3.55. The van der Waals surface area contributed by atoms with Crippen molar-refractivity contribution in [3.8, 4) is 5.69 Å². The number of nitrogens with two attached hydrogens (primary N) is 1. The maximum atomic E-state index is 12.8. The Bertz CT molecular complexity index is 1200.